The first kappa shape index (κ1) is 9.91. The lowest BCUT2D eigenvalue weighted by molar-refractivity contribution is -0.165. The van der Waals surface area contributed by atoms with Crippen LogP contribution in [0.25, 0.3) is 0 Å². The molecule has 1 N–H and O–H groups in total. The summed E-state index contributed by atoms with van der Waals surface area (Å²) in [5.74, 6) is 0.735. The zero-order valence-electron chi connectivity index (χ0n) is 9.13. The molecule has 2 nitrogen and oxygen atoms in total. The number of rotatable bonds is 1. The molecule has 2 rings (SSSR count). The summed E-state index contributed by atoms with van der Waals surface area (Å²) in [7, 11) is 0. The Bertz CT molecular complexity index is 320. The number of Topliss-reactive ketones (excluding diaryl/α,β-unsaturated/α-hetero) is 1. The van der Waals surface area contributed by atoms with Crippen LogP contribution in [0.15, 0.2) is 12.2 Å². The van der Waals surface area contributed by atoms with E-state index in [1.54, 1.807) is 0 Å². The predicted octanol–water partition coefficient (Wildman–Crippen LogP) is 1.93. The molecule has 2 heteroatoms. The maximum absolute atomic E-state index is 11.6. The molecule has 0 amide bonds. The van der Waals surface area contributed by atoms with E-state index in [4.69, 9.17) is 0 Å². The summed E-state index contributed by atoms with van der Waals surface area (Å²) in [5, 5.41) is 10.5. The third-order valence-electron chi connectivity index (χ3n) is 4.80. The number of carbonyl (C=O) groups excluding carboxylic acids is 1. The molecule has 0 aromatic heterocycles. The van der Waals surface area contributed by atoms with Crippen LogP contribution in [-0.4, -0.2) is 16.5 Å². The summed E-state index contributed by atoms with van der Waals surface area (Å²) in [5.41, 5.74) is -0.785. The average Bonchev–Trinajstić information content (AvgIpc) is 2.27. The number of fused-ring (bicyclic) bond motifs is 1. The Morgan fingerprint density at radius 3 is 2.57 bits per heavy atom. The van der Waals surface area contributed by atoms with Crippen LogP contribution < -0.4 is 0 Å². The average molecular weight is 194 g/mol. The first-order chi connectivity index (χ1) is 6.35. The zero-order chi connectivity index (χ0) is 10.7. The minimum atomic E-state index is -1.25. The van der Waals surface area contributed by atoms with Gasteiger partial charge in [-0.25, -0.2) is 0 Å². The van der Waals surface area contributed by atoms with E-state index >= 15 is 0 Å². The van der Waals surface area contributed by atoms with Gasteiger partial charge in [0, 0.05) is 5.41 Å². The van der Waals surface area contributed by atoms with Crippen LogP contribution in [0.1, 0.15) is 33.6 Å². The number of hydrogen-bond acceptors (Lipinski definition) is 2. The quantitative estimate of drug-likeness (QED) is 0.648. The Morgan fingerprint density at radius 2 is 2.21 bits per heavy atom. The van der Waals surface area contributed by atoms with Gasteiger partial charge in [0.1, 0.15) is 5.60 Å². The highest BCUT2D eigenvalue weighted by atomic mass is 16.3. The van der Waals surface area contributed by atoms with Gasteiger partial charge >= 0.3 is 0 Å². The van der Waals surface area contributed by atoms with Crippen LogP contribution in [0.3, 0.4) is 0 Å². The molecule has 4 atom stereocenters. The molecule has 0 saturated heterocycles. The molecule has 0 aromatic carbocycles. The van der Waals surface area contributed by atoms with Crippen LogP contribution >= 0.6 is 0 Å². The van der Waals surface area contributed by atoms with Crippen molar-refractivity contribution in [2.45, 2.75) is 39.2 Å². The summed E-state index contributed by atoms with van der Waals surface area (Å²) >= 11 is 0. The maximum Gasteiger partial charge on any atom is 0.166 e. The molecule has 2 aliphatic carbocycles. The van der Waals surface area contributed by atoms with Crippen LogP contribution in [-0.2, 0) is 4.79 Å². The zero-order valence-corrected chi connectivity index (χ0v) is 9.13. The molecule has 2 fully saturated rings. The second kappa shape index (κ2) is 2.48. The summed E-state index contributed by atoms with van der Waals surface area (Å²) in [4.78, 5) is 11.6. The molecule has 2 aliphatic rings. The van der Waals surface area contributed by atoms with Gasteiger partial charge in [0.25, 0.3) is 0 Å². The molecule has 0 spiro atoms. The highest BCUT2D eigenvalue weighted by Crippen LogP contribution is 2.66. The van der Waals surface area contributed by atoms with Crippen molar-refractivity contribution in [3.8, 4) is 0 Å². The van der Waals surface area contributed by atoms with E-state index in [9.17, 15) is 9.90 Å². The van der Waals surface area contributed by atoms with Crippen molar-refractivity contribution < 1.29 is 9.90 Å². The van der Waals surface area contributed by atoms with Crippen molar-refractivity contribution >= 4 is 5.78 Å². The number of ketones is 1. The molecule has 78 valence electrons. The minimum Gasteiger partial charge on any atom is -0.377 e. The Morgan fingerprint density at radius 1 is 1.64 bits per heavy atom. The SMILES string of the molecule is C=C1CC2CC(C)C2(C)C1(O)C(C)=O. The molecule has 4 unspecified atom stereocenters. The van der Waals surface area contributed by atoms with Gasteiger partial charge < -0.3 is 5.11 Å². The van der Waals surface area contributed by atoms with Gasteiger partial charge in [0.05, 0.1) is 0 Å². The first-order valence-electron chi connectivity index (χ1n) is 5.26. The normalized spacial score (nSPS) is 51.3. The van der Waals surface area contributed by atoms with E-state index in [1.807, 2.05) is 6.92 Å². The maximum atomic E-state index is 11.6. The standard InChI is InChI=1S/C12H18O2/c1-7-5-10-6-8(2)12(14,9(3)13)11(7,10)4/h7,10,14H,2,5-6H2,1,3-4H3. The Balaban J connectivity index is 2.49. The lowest BCUT2D eigenvalue weighted by atomic mass is 9.51. The van der Waals surface area contributed by atoms with Crippen LogP contribution in [0.4, 0.5) is 0 Å². The fraction of sp³-hybridized carbons (Fsp3) is 0.750. The van der Waals surface area contributed by atoms with E-state index in [0.717, 1.165) is 18.4 Å². The van der Waals surface area contributed by atoms with E-state index in [1.165, 1.54) is 6.92 Å². The number of hydrogen-bond donors (Lipinski definition) is 1. The molecular weight excluding hydrogens is 176 g/mol. The smallest absolute Gasteiger partial charge is 0.166 e. The fourth-order valence-corrected chi connectivity index (χ4v) is 3.56. The summed E-state index contributed by atoms with van der Waals surface area (Å²) in [6.07, 6.45) is 1.93. The third-order valence-corrected chi connectivity index (χ3v) is 4.80. The molecule has 14 heavy (non-hydrogen) atoms. The van der Waals surface area contributed by atoms with Gasteiger partial charge in [-0.2, -0.15) is 0 Å². The van der Waals surface area contributed by atoms with Crippen molar-refractivity contribution in [3.05, 3.63) is 12.2 Å². The van der Waals surface area contributed by atoms with E-state index < -0.39 is 5.60 Å². The second-order valence-electron chi connectivity index (χ2n) is 5.19. The van der Waals surface area contributed by atoms with E-state index in [0.29, 0.717) is 11.8 Å². The van der Waals surface area contributed by atoms with Crippen LogP contribution in [0, 0.1) is 17.3 Å². The van der Waals surface area contributed by atoms with Gasteiger partial charge in [-0.3, -0.25) is 4.79 Å². The number of carbonyl (C=O) groups is 1. The summed E-state index contributed by atoms with van der Waals surface area (Å²) < 4.78 is 0. The van der Waals surface area contributed by atoms with E-state index in [2.05, 4.69) is 13.5 Å². The van der Waals surface area contributed by atoms with Crippen molar-refractivity contribution in [3.63, 3.8) is 0 Å². The predicted molar refractivity (Wildman–Crippen MR) is 54.8 cm³/mol. The van der Waals surface area contributed by atoms with Crippen molar-refractivity contribution in [1.82, 2.24) is 0 Å². The van der Waals surface area contributed by atoms with Crippen molar-refractivity contribution in [1.29, 1.82) is 0 Å². The van der Waals surface area contributed by atoms with Gasteiger partial charge in [-0.1, -0.05) is 20.4 Å². The molecule has 2 saturated carbocycles. The lowest BCUT2D eigenvalue weighted by Gasteiger charge is -2.54. The largest absolute Gasteiger partial charge is 0.377 e. The monoisotopic (exact) mass is 194 g/mol. The number of aliphatic hydroxyl groups is 1. The van der Waals surface area contributed by atoms with Gasteiger partial charge in [-0.15, -0.1) is 0 Å². The van der Waals surface area contributed by atoms with Crippen LogP contribution in [0.2, 0.25) is 0 Å². The fourth-order valence-electron chi connectivity index (χ4n) is 3.56. The van der Waals surface area contributed by atoms with Gasteiger partial charge in [0.2, 0.25) is 0 Å². The van der Waals surface area contributed by atoms with Crippen molar-refractivity contribution in [2.75, 3.05) is 0 Å². The lowest BCUT2D eigenvalue weighted by Crippen LogP contribution is -2.59. The Kier molecular flexibility index (Phi) is 1.76. The molecule has 0 radical (unpaired) electrons. The Hall–Kier alpha value is -0.630. The first-order valence-corrected chi connectivity index (χ1v) is 5.26. The summed E-state index contributed by atoms with van der Waals surface area (Å²) in [6, 6.07) is 0. The molecular formula is C12H18O2. The Labute approximate surface area is 85.0 Å². The van der Waals surface area contributed by atoms with Gasteiger partial charge in [0.15, 0.2) is 5.78 Å². The third kappa shape index (κ3) is 0.750. The van der Waals surface area contributed by atoms with Gasteiger partial charge in [-0.05, 0) is 37.2 Å². The molecule has 0 aliphatic heterocycles. The molecule has 0 bridgehead atoms. The molecule has 0 aromatic rings. The second-order valence-corrected chi connectivity index (χ2v) is 5.19. The van der Waals surface area contributed by atoms with E-state index in [-0.39, 0.29) is 11.2 Å². The molecule has 0 heterocycles. The topological polar surface area (TPSA) is 37.3 Å². The summed E-state index contributed by atoms with van der Waals surface area (Å²) in [6.45, 7) is 9.50. The highest BCUT2D eigenvalue weighted by molar-refractivity contribution is 5.90. The van der Waals surface area contributed by atoms with Crippen molar-refractivity contribution in [2.24, 2.45) is 17.3 Å². The minimum absolute atomic E-state index is 0.140. The highest BCUT2D eigenvalue weighted by Gasteiger charge is 2.68. The van der Waals surface area contributed by atoms with Crippen LogP contribution in [0.5, 0.6) is 0 Å².